The van der Waals surface area contributed by atoms with Crippen LogP contribution in [-0.4, -0.2) is 43.5 Å². The van der Waals surface area contributed by atoms with Gasteiger partial charge in [0.15, 0.2) is 0 Å². The average Bonchev–Trinajstić information content (AvgIpc) is 2.37. The molecule has 0 radical (unpaired) electrons. The Hall–Kier alpha value is -1.59. The van der Waals surface area contributed by atoms with E-state index in [1.54, 1.807) is 12.1 Å². The molecule has 5 heteroatoms. The Labute approximate surface area is 113 Å². The van der Waals surface area contributed by atoms with Crippen molar-refractivity contribution in [3.63, 3.8) is 0 Å². The molecule has 1 rings (SSSR count). The summed E-state index contributed by atoms with van der Waals surface area (Å²) in [6.07, 6.45) is 0.247. The fourth-order valence-corrected chi connectivity index (χ4v) is 1.45. The molecule has 0 heterocycles. The average molecular weight is 267 g/mol. The van der Waals surface area contributed by atoms with Gasteiger partial charge in [-0.05, 0) is 32.0 Å². The normalized spacial score (nSPS) is 10.7. The van der Waals surface area contributed by atoms with Crippen molar-refractivity contribution >= 4 is 5.97 Å². The van der Waals surface area contributed by atoms with Crippen LogP contribution in [0.5, 0.6) is 5.75 Å². The van der Waals surface area contributed by atoms with Crippen LogP contribution in [-0.2, 0) is 4.74 Å². The van der Waals surface area contributed by atoms with Crippen LogP contribution in [0.25, 0.3) is 0 Å². The smallest absolute Gasteiger partial charge is 0.335 e. The summed E-state index contributed by atoms with van der Waals surface area (Å²) >= 11 is 0. The van der Waals surface area contributed by atoms with E-state index in [1.807, 2.05) is 13.8 Å². The number of aromatic carboxylic acids is 1. The fraction of sp³-hybridized carbons (Fsp3) is 0.500. The molecule has 0 bridgehead atoms. The molecular weight excluding hydrogens is 246 g/mol. The molecule has 5 nitrogen and oxygen atoms in total. The zero-order valence-electron chi connectivity index (χ0n) is 11.4. The quantitative estimate of drug-likeness (QED) is 0.667. The number of carboxylic acid groups (broad SMARTS) is 1. The van der Waals surface area contributed by atoms with Crippen LogP contribution in [0.3, 0.4) is 0 Å². The molecule has 0 spiro atoms. The molecule has 0 unspecified atom stereocenters. The number of carboxylic acids is 1. The Bertz CT molecular complexity index is 393. The molecule has 0 aliphatic rings. The van der Waals surface area contributed by atoms with E-state index < -0.39 is 5.97 Å². The van der Waals surface area contributed by atoms with Gasteiger partial charge in [-0.25, -0.2) is 4.79 Å². The van der Waals surface area contributed by atoms with E-state index in [4.69, 9.17) is 14.6 Å². The van der Waals surface area contributed by atoms with Gasteiger partial charge in [0.1, 0.15) is 12.4 Å². The number of nitrogens with one attached hydrogen (secondary N) is 1. The number of carbonyl (C=O) groups is 1. The van der Waals surface area contributed by atoms with Crippen molar-refractivity contribution in [3.8, 4) is 5.75 Å². The highest BCUT2D eigenvalue weighted by Gasteiger charge is 2.03. The minimum absolute atomic E-state index is 0.232. The Balaban J connectivity index is 2.15. The lowest BCUT2D eigenvalue weighted by Gasteiger charge is -2.09. The first-order chi connectivity index (χ1) is 9.09. The highest BCUT2D eigenvalue weighted by Crippen LogP contribution is 2.12. The molecule has 0 aliphatic carbocycles. The van der Waals surface area contributed by atoms with Gasteiger partial charge < -0.3 is 19.9 Å². The number of hydrogen-bond acceptors (Lipinski definition) is 4. The van der Waals surface area contributed by atoms with Crippen molar-refractivity contribution in [3.05, 3.63) is 29.8 Å². The van der Waals surface area contributed by atoms with E-state index >= 15 is 0 Å². The summed E-state index contributed by atoms with van der Waals surface area (Å²) in [6.45, 7) is 6.63. The van der Waals surface area contributed by atoms with E-state index in [0.29, 0.717) is 25.5 Å². The van der Waals surface area contributed by atoms with Gasteiger partial charge in [0.05, 0.1) is 18.3 Å². The number of hydrogen-bond donors (Lipinski definition) is 2. The molecule has 0 fully saturated rings. The summed E-state index contributed by atoms with van der Waals surface area (Å²) in [6, 6.07) is 6.47. The van der Waals surface area contributed by atoms with Crippen LogP contribution in [0, 0.1) is 0 Å². The second kappa shape index (κ2) is 8.50. The predicted octanol–water partition coefficient (Wildman–Crippen LogP) is 1.78. The third-order valence-corrected chi connectivity index (χ3v) is 2.36. The van der Waals surface area contributed by atoms with Crippen molar-refractivity contribution in [2.24, 2.45) is 0 Å². The molecule has 0 aromatic heterocycles. The summed E-state index contributed by atoms with van der Waals surface area (Å²) in [4.78, 5) is 10.8. The first-order valence-corrected chi connectivity index (χ1v) is 6.38. The first-order valence-electron chi connectivity index (χ1n) is 6.38. The molecule has 0 saturated carbocycles. The van der Waals surface area contributed by atoms with Crippen LogP contribution in [0.2, 0.25) is 0 Å². The van der Waals surface area contributed by atoms with Crippen molar-refractivity contribution in [1.29, 1.82) is 0 Å². The lowest BCUT2D eigenvalue weighted by molar-refractivity contribution is 0.0696. The molecule has 0 amide bonds. The minimum atomic E-state index is -0.950. The summed E-state index contributed by atoms with van der Waals surface area (Å²) in [5.74, 6) is -0.380. The number of rotatable bonds is 9. The third-order valence-electron chi connectivity index (χ3n) is 2.36. The van der Waals surface area contributed by atoms with Crippen LogP contribution in [0.15, 0.2) is 24.3 Å². The number of benzene rings is 1. The fourth-order valence-electron chi connectivity index (χ4n) is 1.45. The van der Waals surface area contributed by atoms with E-state index in [0.717, 1.165) is 6.54 Å². The first kappa shape index (κ1) is 15.5. The van der Waals surface area contributed by atoms with Gasteiger partial charge in [0.2, 0.25) is 0 Å². The predicted molar refractivity (Wildman–Crippen MR) is 72.9 cm³/mol. The van der Waals surface area contributed by atoms with Gasteiger partial charge >= 0.3 is 5.97 Å². The zero-order valence-corrected chi connectivity index (χ0v) is 11.4. The van der Waals surface area contributed by atoms with E-state index in [2.05, 4.69) is 5.32 Å². The third kappa shape index (κ3) is 6.79. The molecule has 1 aromatic carbocycles. The Morgan fingerprint density at radius 2 is 2.05 bits per heavy atom. The summed E-state index contributed by atoms with van der Waals surface area (Å²) in [7, 11) is 0. The maximum Gasteiger partial charge on any atom is 0.335 e. The molecule has 0 atom stereocenters. The molecule has 2 N–H and O–H groups in total. The lowest BCUT2D eigenvalue weighted by Crippen LogP contribution is -2.25. The van der Waals surface area contributed by atoms with E-state index in [1.165, 1.54) is 12.1 Å². The maximum atomic E-state index is 10.8. The highest BCUT2D eigenvalue weighted by molar-refractivity contribution is 5.87. The van der Waals surface area contributed by atoms with Gasteiger partial charge in [0, 0.05) is 13.1 Å². The van der Waals surface area contributed by atoms with Crippen LogP contribution >= 0.6 is 0 Å². The monoisotopic (exact) mass is 267 g/mol. The molecule has 19 heavy (non-hydrogen) atoms. The van der Waals surface area contributed by atoms with Gasteiger partial charge in [0.25, 0.3) is 0 Å². The van der Waals surface area contributed by atoms with Crippen molar-refractivity contribution in [2.75, 3.05) is 26.3 Å². The largest absolute Gasteiger partial charge is 0.492 e. The van der Waals surface area contributed by atoms with Gasteiger partial charge in [-0.2, -0.15) is 0 Å². The Morgan fingerprint density at radius 1 is 1.32 bits per heavy atom. The number of ether oxygens (including phenoxy) is 2. The summed E-state index contributed by atoms with van der Waals surface area (Å²) in [5, 5.41) is 12.0. The SMILES string of the molecule is CC(C)OCCNCCOc1cccc(C(=O)O)c1. The summed E-state index contributed by atoms with van der Waals surface area (Å²) in [5.41, 5.74) is 0.232. The van der Waals surface area contributed by atoms with Crippen LogP contribution in [0.4, 0.5) is 0 Å². The molecule has 1 aromatic rings. The lowest BCUT2D eigenvalue weighted by atomic mass is 10.2. The van der Waals surface area contributed by atoms with Crippen LogP contribution in [0.1, 0.15) is 24.2 Å². The van der Waals surface area contributed by atoms with E-state index in [-0.39, 0.29) is 11.7 Å². The second-order valence-corrected chi connectivity index (χ2v) is 4.35. The topological polar surface area (TPSA) is 67.8 Å². The second-order valence-electron chi connectivity index (χ2n) is 4.35. The Kier molecular flexibility index (Phi) is 6.92. The minimum Gasteiger partial charge on any atom is -0.492 e. The van der Waals surface area contributed by atoms with Gasteiger partial charge in [-0.3, -0.25) is 0 Å². The maximum absolute atomic E-state index is 10.8. The molecule has 106 valence electrons. The molecular formula is C14H21NO4. The molecule has 0 saturated heterocycles. The van der Waals surface area contributed by atoms with Gasteiger partial charge in [-0.1, -0.05) is 6.07 Å². The van der Waals surface area contributed by atoms with E-state index in [9.17, 15) is 4.79 Å². The standard InChI is InChI=1S/C14H21NO4/c1-11(2)18-8-6-15-7-9-19-13-5-3-4-12(10-13)14(16)17/h3-5,10-11,15H,6-9H2,1-2H3,(H,16,17). The van der Waals surface area contributed by atoms with Gasteiger partial charge in [-0.15, -0.1) is 0 Å². The molecule has 0 aliphatic heterocycles. The highest BCUT2D eigenvalue weighted by atomic mass is 16.5. The van der Waals surface area contributed by atoms with Crippen LogP contribution < -0.4 is 10.1 Å². The Morgan fingerprint density at radius 3 is 2.74 bits per heavy atom. The van der Waals surface area contributed by atoms with Crippen molar-refractivity contribution in [1.82, 2.24) is 5.32 Å². The van der Waals surface area contributed by atoms with Crippen molar-refractivity contribution < 1.29 is 19.4 Å². The zero-order chi connectivity index (χ0) is 14.1. The summed E-state index contributed by atoms with van der Waals surface area (Å²) < 4.78 is 10.8. The van der Waals surface area contributed by atoms with Crippen molar-refractivity contribution in [2.45, 2.75) is 20.0 Å².